The number of hydrogen-bond acceptors (Lipinski definition) is 13. The van der Waals surface area contributed by atoms with Gasteiger partial charge in [-0.25, -0.2) is 4.79 Å². The summed E-state index contributed by atoms with van der Waals surface area (Å²) in [7, 11) is 0. The van der Waals surface area contributed by atoms with Gasteiger partial charge in [0.25, 0.3) is 0 Å². The highest BCUT2D eigenvalue weighted by atomic mass is 16.7. The SMILES string of the molecule is C[C@]12CC[C@@H]3[C@@]45COC(=O)C[C@@H]4O[C@](C)(C4CCCCC4)[C@H]5C(=O)[C@@H](O)[C@]34[C@H]3C[C@H](Cc5ccccc5)CC[C@H]3C#CC[C@@]1(c1ccoc1C[C@@H](C1CCC([C@H]3CNCN3)CC1)[C@H](O)CO)OC(=O)[C@H]1O[C@@]142. The summed E-state index contributed by atoms with van der Waals surface area (Å²) in [5.74, 6) is 5.78. The van der Waals surface area contributed by atoms with Crippen LogP contribution in [0.2, 0.25) is 0 Å². The number of Topliss-reactive ketones (excluding diaryl/α,β-unsaturated/α-hetero) is 1. The van der Waals surface area contributed by atoms with Gasteiger partial charge in [0, 0.05) is 53.4 Å². The summed E-state index contributed by atoms with van der Waals surface area (Å²) in [6.45, 7) is 5.66. The van der Waals surface area contributed by atoms with Gasteiger partial charge < -0.3 is 49.3 Å². The topological polar surface area (TPSA) is 189 Å². The van der Waals surface area contributed by atoms with E-state index in [-0.39, 0.29) is 73.3 Å². The molecule has 13 rings (SSSR count). The first kappa shape index (κ1) is 48.1. The van der Waals surface area contributed by atoms with Crippen LogP contribution in [0, 0.1) is 81.3 Å². The van der Waals surface area contributed by atoms with Crippen molar-refractivity contribution in [3.63, 3.8) is 0 Å². The minimum atomic E-state index is -1.53. The maximum Gasteiger partial charge on any atom is 0.339 e. The van der Waals surface area contributed by atoms with Crippen LogP contribution in [0.25, 0.3) is 0 Å². The zero-order chi connectivity index (χ0) is 49.4. The van der Waals surface area contributed by atoms with Crippen molar-refractivity contribution < 1.29 is 53.1 Å². The standard InChI is InChI=1S/C59H76N2O11/c1-54-24-21-46-56-32-69-48(64)29-47(56)70-55(2,39-13-7-4-8-14-39)50(56)49(65)51(66)58(46)42-27-35(26-34-10-5-3-6-11-34)15-16-37(42)12-9-23-57(54,72-53(67)52-59(54,58)71-52)41-22-25-68-45(41)28-40(44(63)31-62)36-17-19-38(20-18-36)43-30-60-33-61-43/h3,5-6,10-11,22,25,35-40,42-44,46-47,50-52,60-63,66H,4,7-8,13-21,23-24,26-33H2,1-2H3/t35-,36?,37+,38?,40-,42-,43+,44+,46+,47-,50+,51+,52+,54-,55+,56-,57-,58-,59+/m0/s1. The van der Waals surface area contributed by atoms with E-state index in [0.717, 1.165) is 90.3 Å². The quantitative estimate of drug-likeness (QED) is 0.101. The third kappa shape index (κ3) is 6.47. The Morgan fingerprint density at radius 3 is 2.50 bits per heavy atom. The first-order valence-electron chi connectivity index (χ1n) is 28.1. The van der Waals surface area contributed by atoms with Crippen LogP contribution in [-0.2, 0) is 51.8 Å². The summed E-state index contributed by atoms with van der Waals surface area (Å²) in [6, 6.07) is 12.9. The molecule has 72 heavy (non-hydrogen) atoms. The highest BCUT2D eigenvalue weighted by Gasteiger charge is 2.95. The minimum Gasteiger partial charge on any atom is -0.469 e. The molecular weight excluding hydrogens is 913 g/mol. The van der Waals surface area contributed by atoms with E-state index < -0.39 is 75.3 Å². The van der Waals surface area contributed by atoms with Gasteiger partial charge >= 0.3 is 11.9 Å². The molecule has 0 radical (unpaired) electrons. The summed E-state index contributed by atoms with van der Waals surface area (Å²) in [5.41, 5.74) is -5.24. The van der Waals surface area contributed by atoms with Crippen LogP contribution in [0.15, 0.2) is 47.1 Å². The first-order valence-corrected chi connectivity index (χ1v) is 28.1. The van der Waals surface area contributed by atoms with Crippen molar-refractivity contribution in [1.29, 1.82) is 0 Å². The van der Waals surface area contributed by atoms with Crippen LogP contribution in [0.3, 0.4) is 0 Å². The highest BCUT2D eigenvalue weighted by molar-refractivity contribution is 5.92. The van der Waals surface area contributed by atoms with E-state index in [1.807, 2.05) is 12.1 Å². The lowest BCUT2D eigenvalue weighted by molar-refractivity contribution is -0.295. The van der Waals surface area contributed by atoms with Gasteiger partial charge in [-0.1, -0.05) is 68.4 Å². The predicted octanol–water partition coefficient (Wildman–Crippen LogP) is 6.32. The summed E-state index contributed by atoms with van der Waals surface area (Å²) >= 11 is 0. The number of epoxide rings is 1. The van der Waals surface area contributed by atoms with Gasteiger partial charge in [-0.05, 0) is 137 Å². The smallest absolute Gasteiger partial charge is 0.339 e. The van der Waals surface area contributed by atoms with E-state index in [1.165, 1.54) is 5.56 Å². The molecule has 388 valence electrons. The van der Waals surface area contributed by atoms with Crippen LogP contribution in [0.1, 0.15) is 133 Å². The summed E-state index contributed by atoms with van der Waals surface area (Å²) in [5, 5.41) is 43.4. The fourth-order valence-corrected chi connectivity index (χ4v) is 19.6. The molecule has 13 heteroatoms. The lowest BCUT2D eigenvalue weighted by Crippen LogP contribution is -2.81. The van der Waals surface area contributed by atoms with Gasteiger partial charge in [0.15, 0.2) is 17.5 Å². The molecule has 5 aliphatic heterocycles. The molecule has 1 aromatic carbocycles. The summed E-state index contributed by atoms with van der Waals surface area (Å²) in [4.78, 5) is 45.5. The third-order valence-electron chi connectivity index (χ3n) is 22.7. The van der Waals surface area contributed by atoms with Gasteiger partial charge in [-0.15, -0.1) is 0 Å². The first-order chi connectivity index (χ1) is 34.9. The molecule has 5 saturated heterocycles. The molecule has 0 amide bonds. The largest absolute Gasteiger partial charge is 0.469 e. The van der Waals surface area contributed by atoms with E-state index in [2.05, 4.69) is 60.6 Å². The molecule has 6 heterocycles. The Bertz CT molecular complexity index is 2500. The lowest BCUT2D eigenvalue weighted by atomic mass is 9.31. The van der Waals surface area contributed by atoms with Crippen LogP contribution < -0.4 is 10.6 Å². The number of fused-ring (bicyclic) bond motifs is 1. The Kier molecular flexibility index (Phi) is 11.7. The van der Waals surface area contributed by atoms with E-state index in [0.29, 0.717) is 49.0 Å². The number of carbonyl (C=O) groups excluding carboxylic acids is 3. The molecule has 10 fully saturated rings. The molecule has 11 aliphatic rings. The number of aliphatic hydroxyl groups excluding tert-OH is 3. The molecular formula is C59H76N2O11. The van der Waals surface area contributed by atoms with Gasteiger partial charge in [0.1, 0.15) is 24.1 Å². The van der Waals surface area contributed by atoms with Crippen LogP contribution in [0.5, 0.6) is 0 Å². The Labute approximate surface area is 424 Å². The molecule has 2 aromatic rings. The van der Waals surface area contributed by atoms with E-state index >= 15 is 9.59 Å². The number of ether oxygens (including phenoxy) is 4. The number of nitrogens with one attached hydrogen (secondary N) is 2. The number of rotatable bonds is 10. The van der Waals surface area contributed by atoms with Gasteiger partial charge in [-0.3, -0.25) is 9.59 Å². The number of ketones is 1. The van der Waals surface area contributed by atoms with E-state index in [1.54, 1.807) is 6.26 Å². The number of benzene rings is 1. The van der Waals surface area contributed by atoms with Gasteiger partial charge in [0.05, 0.1) is 49.4 Å². The van der Waals surface area contributed by atoms with Crippen molar-refractivity contribution in [2.45, 2.75) is 177 Å². The van der Waals surface area contributed by atoms with Crippen LogP contribution in [0.4, 0.5) is 0 Å². The maximum atomic E-state index is 16.5. The molecule has 1 aromatic heterocycles. The fraction of sp³-hybridized carbons (Fsp3) is 0.746. The second-order valence-corrected chi connectivity index (χ2v) is 25.2. The van der Waals surface area contributed by atoms with Gasteiger partial charge in [-0.2, -0.15) is 0 Å². The molecule has 4 bridgehead atoms. The zero-order valence-electron chi connectivity index (χ0n) is 42.3. The molecule has 6 aliphatic carbocycles. The van der Waals surface area contributed by atoms with E-state index in [4.69, 9.17) is 23.4 Å². The van der Waals surface area contributed by atoms with E-state index in [9.17, 15) is 20.1 Å². The third-order valence-corrected chi connectivity index (χ3v) is 22.7. The van der Waals surface area contributed by atoms with Crippen molar-refractivity contribution in [2.24, 2.45) is 69.5 Å². The Balaban J connectivity index is 0.964. The summed E-state index contributed by atoms with van der Waals surface area (Å²) in [6.07, 6.45) is 11.0. The molecule has 0 unspecified atom stereocenters. The maximum absolute atomic E-state index is 16.5. The number of esters is 2. The Morgan fingerprint density at radius 1 is 0.931 bits per heavy atom. The minimum absolute atomic E-state index is 0.00827. The molecule has 3 spiro atoms. The van der Waals surface area contributed by atoms with Crippen LogP contribution >= 0.6 is 0 Å². The lowest BCUT2D eigenvalue weighted by Gasteiger charge is -2.71. The predicted molar refractivity (Wildman–Crippen MR) is 262 cm³/mol. The molecule has 5 saturated carbocycles. The van der Waals surface area contributed by atoms with Crippen molar-refractivity contribution >= 4 is 17.7 Å². The monoisotopic (exact) mass is 989 g/mol. The normalized spacial score (nSPS) is 47.0. The van der Waals surface area contributed by atoms with Crippen molar-refractivity contribution in [3.05, 3.63) is 59.5 Å². The number of hydrogen-bond donors (Lipinski definition) is 5. The number of cyclic esters (lactones) is 1. The van der Waals surface area contributed by atoms with Crippen molar-refractivity contribution in [2.75, 3.05) is 26.4 Å². The number of furan rings is 1. The second-order valence-electron chi connectivity index (χ2n) is 25.2. The van der Waals surface area contributed by atoms with Crippen molar-refractivity contribution in [1.82, 2.24) is 10.6 Å². The Hall–Kier alpha value is -3.61. The zero-order valence-corrected chi connectivity index (χ0v) is 42.3. The molecule has 13 nitrogen and oxygen atoms in total. The van der Waals surface area contributed by atoms with Gasteiger partial charge in [0.2, 0.25) is 0 Å². The highest BCUT2D eigenvalue weighted by Crippen LogP contribution is 2.84. The number of aliphatic hydroxyl groups is 3. The average Bonchev–Trinajstić information content (AvgIpc) is 3.66. The number of carbonyl (C=O) groups is 3. The molecule has 17 atom stereocenters. The van der Waals surface area contributed by atoms with Crippen molar-refractivity contribution in [3.8, 4) is 11.8 Å². The fourth-order valence-electron chi connectivity index (χ4n) is 19.6. The Morgan fingerprint density at radius 2 is 1.74 bits per heavy atom. The summed E-state index contributed by atoms with van der Waals surface area (Å²) < 4.78 is 34.6. The average molecular weight is 989 g/mol. The van der Waals surface area contributed by atoms with Crippen LogP contribution in [-0.4, -0.2) is 101 Å². The molecule has 5 N–H and O–H groups in total. The second kappa shape index (κ2) is 17.5.